The highest BCUT2D eigenvalue weighted by molar-refractivity contribution is 7.89. The number of sulfonamides is 1. The molecule has 1 aromatic rings. The molecule has 0 aliphatic carbocycles. The van der Waals surface area contributed by atoms with Crippen molar-refractivity contribution in [1.29, 1.82) is 0 Å². The van der Waals surface area contributed by atoms with Gasteiger partial charge in [-0.15, -0.1) is 0 Å². The molecule has 1 rings (SSSR count). The fourth-order valence-corrected chi connectivity index (χ4v) is 2.97. The van der Waals surface area contributed by atoms with Gasteiger partial charge in [0.2, 0.25) is 10.0 Å². The van der Waals surface area contributed by atoms with Crippen molar-refractivity contribution in [2.75, 3.05) is 27.2 Å². The van der Waals surface area contributed by atoms with Crippen LogP contribution in [0.4, 0.5) is 4.39 Å². The fourth-order valence-electron chi connectivity index (χ4n) is 1.76. The Bertz CT molecular complexity index is 559. The molecule has 0 spiro atoms. The van der Waals surface area contributed by atoms with Gasteiger partial charge in [-0.25, -0.2) is 17.5 Å². The number of hydrogen-bond acceptors (Lipinski definition) is 4. The van der Waals surface area contributed by atoms with Crippen molar-refractivity contribution in [2.24, 2.45) is 0 Å². The van der Waals surface area contributed by atoms with Crippen molar-refractivity contribution in [3.63, 3.8) is 0 Å². The smallest absolute Gasteiger partial charge is 0.240 e. The van der Waals surface area contributed by atoms with Crippen LogP contribution in [-0.2, 0) is 16.6 Å². The first-order chi connectivity index (χ1) is 9.27. The van der Waals surface area contributed by atoms with E-state index in [9.17, 15) is 12.8 Å². The second kappa shape index (κ2) is 7.12. The van der Waals surface area contributed by atoms with Gasteiger partial charge in [0.25, 0.3) is 0 Å². The predicted octanol–water partition coefficient (Wildman–Crippen LogP) is 0.856. The van der Waals surface area contributed by atoms with Crippen LogP contribution in [0.2, 0.25) is 0 Å². The number of benzene rings is 1. The molecule has 0 saturated heterocycles. The van der Waals surface area contributed by atoms with Crippen LogP contribution in [0.1, 0.15) is 17.5 Å². The van der Waals surface area contributed by atoms with Gasteiger partial charge in [-0.05, 0) is 51.7 Å². The Balaban J connectivity index is 2.85. The van der Waals surface area contributed by atoms with E-state index in [2.05, 4.69) is 4.72 Å². The van der Waals surface area contributed by atoms with Crippen LogP contribution in [0, 0.1) is 12.7 Å². The molecule has 0 atom stereocenters. The maximum absolute atomic E-state index is 13.6. The molecule has 0 unspecified atom stereocenters. The second-order valence-corrected chi connectivity index (χ2v) is 6.69. The average molecular weight is 304 g/mol. The first-order valence-corrected chi connectivity index (χ1v) is 7.80. The van der Waals surface area contributed by atoms with E-state index in [-0.39, 0.29) is 16.0 Å². The molecule has 7 heteroatoms. The van der Waals surface area contributed by atoms with Gasteiger partial charge in [-0.2, -0.15) is 0 Å². The quantitative estimate of drug-likeness (QED) is 0.733. The van der Waals surface area contributed by atoms with E-state index in [4.69, 9.17) is 5.11 Å². The van der Waals surface area contributed by atoms with E-state index in [1.165, 1.54) is 13.0 Å². The van der Waals surface area contributed by atoms with Gasteiger partial charge in [-0.3, -0.25) is 0 Å². The summed E-state index contributed by atoms with van der Waals surface area (Å²) in [6.45, 7) is 2.02. The van der Waals surface area contributed by atoms with E-state index < -0.39 is 22.4 Å². The number of hydrogen-bond donors (Lipinski definition) is 2. The highest BCUT2D eigenvalue weighted by Gasteiger charge is 2.17. The molecule has 0 saturated carbocycles. The van der Waals surface area contributed by atoms with Gasteiger partial charge < -0.3 is 10.0 Å². The number of nitrogens with zero attached hydrogens (tertiary/aromatic N) is 1. The Morgan fingerprint density at radius 2 is 2.00 bits per heavy atom. The van der Waals surface area contributed by atoms with Crippen molar-refractivity contribution < 1.29 is 17.9 Å². The van der Waals surface area contributed by atoms with Crippen LogP contribution in [0.3, 0.4) is 0 Å². The van der Waals surface area contributed by atoms with Crippen LogP contribution < -0.4 is 4.72 Å². The molecule has 0 bridgehead atoms. The number of aryl methyl sites for hydroxylation is 1. The highest BCUT2D eigenvalue weighted by Crippen LogP contribution is 2.19. The maximum atomic E-state index is 13.6. The van der Waals surface area contributed by atoms with Gasteiger partial charge in [0, 0.05) is 12.1 Å². The molecule has 0 radical (unpaired) electrons. The molecular weight excluding hydrogens is 283 g/mol. The van der Waals surface area contributed by atoms with Crippen LogP contribution >= 0.6 is 0 Å². The minimum atomic E-state index is -3.68. The third kappa shape index (κ3) is 4.52. The summed E-state index contributed by atoms with van der Waals surface area (Å²) in [5, 5.41) is 9.05. The molecular formula is C13H21FN2O3S. The molecule has 0 aliphatic rings. The number of halogens is 1. The Morgan fingerprint density at radius 3 is 2.55 bits per heavy atom. The lowest BCUT2D eigenvalue weighted by Gasteiger charge is -2.12. The largest absolute Gasteiger partial charge is 0.392 e. The third-order valence-electron chi connectivity index (χ3n) is 2.86. The summed E-state index contributed by atoms with van der Waals surface area (Å²) < 4.78 is 40.2. The summed E-state index contributed by atoms with van der Waals surface area (Å²) in [7, 11) is 0.140. The summed E-state index contributed by atoms with van der Waals surface area (Å²) in [5.41, 5.74) is 0.184. The summed E-state index contributed by atoms with van der Waals surface area (Å²) in [6, 6.07) is 2.43. The van der Waals surface area contributed by atoms with Gasteiger partial charge in [0.15, 0.2) is 0 Å². The molecule has 0 heterocycles. The van der Waals surface area contributed by atoms with E-state index >= 15 is 0 Å². The minimum Gasteiger partial charge on any atom is -0.392 e. The van der Waals surface area contributed by atoms with Crippen molar-refractivity contribution in [2.45, 2.75) is 24.8 Å². The first-order valence-electron chi connectivity index (χ1n) is 6.32. The van der Waals surface area contributed by atoms with Crippen LogP contribution in [-0.4, -0.2) is 45.6 Å². The van der Waals surface area contributed by atoms with Gasteiger partial charge >= 0.3 is 0 Å². The maximum Gasteiger partial charge on any atom is 0.240 e. The van der Waals surface area contributed by atoms with Crippen LogP contribution in [0.25, 0.3) is 0 Å². The molecule has 114 valence electrons. The van der Waals surface area contributed by atoms with E-state index in [0.29, 0.717) is 13.0 Å². The van der Waals surface area contributed by atoms with Gasteiger partial charge in [0.05, 0.1) is 11.5 Å². The van der Waals surface area contributed by atoms with Crippen molar-refractivity contribution in [1.82, 2.24) is 9.62 Å². The summed E-state index contributed by atoms with van der Waals surface area (Å²) in [6.07, 6.45) is 0.680. The Labute approximate surface area is 119 Å². The van der Waals surface area contributed by atoms with Crippen molar-refractivity contribution in [3.8, 4) is 0 Å². The minimum absolute atomic E-state index is 0.0151. The lowest BCUT2D eigenvalue weighted by Crippen LogP contribution is -2.27. The summed E-state index contributed by atoms with van der Waals surface area (Å²) in [4.78, 5) is 1.94. The fraction of sp³-hybridized carbons (Fsp3) is 0.538. The number of aliphatic hydroxyl groups excluding tert-OH is 1. The third-order valence-corrected chi connectivity index (χ3v) is 4.30. The molecule has 1 aromatic carbocycles. The SMILES string of the molecule is Cc1cc(S(=O)(=O)NCCCN(C)C)cc(CO)c1F. The topological polar surface area (TPSA) is 69.6 Å². The zero-order valence-corrected chi connectivity index (χ0v) is 12.8. The molecule has 0 fully saturated rings. The average Bonchev–Trinajstić information content (AvgIpc) is 2.37. The Hall–Kier alpha value is -1.02. The van der Waals surface area contributed by atoms with Gasteiger partial charge in [0.1, 0.15) is 5.82 Å². The second-order valence-electron chi connectivity index (χ2n) is 4.93. The molecule has 5 nitrogen and oxygen atoms in total. The lowest BCUT2D eigenvalue weighted by atomic mass is 10.1. The molecule has 0 aromatic heterocycles. The molecule has 20 heavy (non-hydrogen) atoms. The summed E-state index contributed by atoms with van der Waals surface area (Å²) >= 11 is 0. The van der Waals surface area contributed by atoms with E-state index in [1.54, 1.807) is 0 Å². The number of rotatable bonds is 7. The molecule has 2 N–H and O–H groups in total. The molecule has 0 aliphatic heterocycles. The van der Waals surface area contributed by atoms with Crippen molar-refractivity contribution in [3.05, 3.63) is 29.1 Å². The van der Waals surface area contributed by atoms with Crippen LogP contribution in [0.5, 0.6) is 0 Å². The van der Waals surface area contributed by atoms with Crippen molar-refractivity contribution >= 4 is 10.0 Å². The highest BCUT2D eigenvalue weighted by atomic mass is 32.2. The predicted molar refractivity (Wildman–Crippen MR) is 75.4 cm³/mol. The zero-order valence-electron chi connectivity index (χ0n) is 12.0. The first kappa shape index (κ1) is 17.0. The Kier molecular flexibility index (Phi) is 6.07. The normalized spacial score (nSPS) is 12.1. The molecule has 0 amide bonds. The number of nitrogens with one attached hydrogen (secondary N) is 1. The monoisotopic (exact) mass is 304 g/mol. The standard InChI is InChI=1S/C13H21FN2O3S/c1-10-7-12(8-11(9-17)13(10)14)20(18,19)15-5-4-6-16(2)3/h7-8,15,17H,4-6,9H2,1-3H3. The summed E-state index contributed by atoms with van der Waals surface area (Å²) in [5.74, 6) is -0.570. The lowest BCUT2D eigenvalue weighted by molar-refractivity contribution is 0.275. The van der Waals surface area contributed by atoms with Gasteiger partial charge in [-0.1, -0.05) is 0 Å². The van der Waals surface area contributed by atoms with E-state index in [0.717, 1.165) is 12.6 Å². The van der Waals surface area contributed by atoms with E-state index in [1.807, 2.05) is 19.0 Å². The zero-order chi connectivity index (χ0) is 15.3. The number of aliphatic hydroxyl groups is 1. The Morgan fingerprint density at radius 1 is 1.35 bits per heavy atom. The van der Waals surface area contributed by atoms with Crippen LogP contribution in [0.15, 0.2) is 17.0 Å².